The fourth-order valence-corrected chi connectivity index (χ4v) is 3.29. The van der Waals surface area contributed by atoms with E-state index in [0.717, 1.165) is 35.9 Å². The van der Waals surface area contributed by atoms with Crippen LogP contribution in [0.25, 0.3) is 0 Å². The summed E-state index contributed by atoms with van der Waals surface area (Å²) in [6.07, 6.45) is 0.548. The maximum absolute atomic E-state index is 12.0. The Hall–Kier alpha value is -1.24. The molecule has 6 heteroatoms. The zero-order valence-corrected chi connectivity index (χ0v) is 14.8. The van der Waals surface area contributed by atoms with Gasteiger partial charge in [0.15, 0.2) is 0 Å². The van der Waals surface area contributed by atoms with E-state index < -0.39 is 0 Å². The van der Waals surface area contributed by atoms with Gasteiger partial charge in [0.2, 0.25) is 5.91 Å². The van der Waals surface area contributed by atoms with Crippen LogP contribution >= 0.6 is 11.8 Å². The Kier molecular flexibility index (Phi) is 7.71. The number of thioether (sulfide) groups is 1. The Morgan fingerprint density at radius 2 is 2.35 bits per heavy atom. The Bertz CT molecular complexity index is 490. The van der Waals surface area contributed by atoms with Gasteiger partial charge in [-0.25, -0.2) is 0 Å². The van der Waals surface area contributed by atoms with Crippen LogP contribution in [-0.4, -0.2) is 62.1 Å². The average molecular weight is 337 g/mol. The second-order valence-electron chi connectivity index (χ2n) is 6.01. The number of carbonyl (C=O) groups excluding carboxylic acids is 1. The van der Waals surface area contributed by atoms with Gasteiger partial charge in [-0.1, -0.05) is 12.1 Å². The molecular weight excluding hydrogens is 310 g/mol. The normalized spacial score (nSPS) is 18.0. The van der Waals surface area contributed by atoms with E-state index in [4.69, 9.17) is 4.74 Å². The number of nitrogens with one attached hydrogen (secondary N) is 2. The zero-order chi connectivity index (χ0) is 16.5. The third kappa shape index (κ3) is 7.24. The van der Waals surface area contributed by atoms with Crippen molar-refractivity contribution in [2.75, 3.05) is 45.3 Å². The van der Waals surface area contributed by atoms with Crippen molar-refractivity contribution in [3.05, 3.63) is 29.8 Å². The molecule has 1 amide bonds. The quantitative estimate of drug-likeness (QED) is 0.750. The Morgan fingerprint density at radius 1 is 1.48 bits per heavy atom. The van der Waals surface area contributed by atoms with Crippen molar-refractivity contribution in [3.8, 4) is 5.75 Å². The molecule has 1 fully saturated rings. The molecule has 0 aromatic heterocycles. The average Bonchev–Trinajstić information content (AvgIpc) is 2.54. The molecule has 1 saturated heterocycles. The fraction of sp³-hybridized carbons (Fsp3) is 0.588. The molecule has 1 unspecified atom stereocenters. The molecule has 1 heterocycles. The highest BCUT2D eigenvalue weighted by Gasteiger charge is 2.16. The lowest BCUT2D eigenvalue weighted by Crippen LogP contribution is -2.41. The minimum absolute atomic E-state index is 0.101. The highest BCUT2D eigenvalue weighted by Crippen LogP contribution is 2.14. The van der Waals surface area contributed by atoms with E-state index in [0.29, 0.717) is 25.6 Å². The van der Waals surface area contributed by atoms with Gasteiger partial charge in [-0.3, -0.25) is 4.79 Å². The molecule has 0 radical (unpaired) electrons. The first-order valence-corrected chi connectivity index (χ1v) is 9.23. The van der Waals surface area contributed by atoms with Crippen LogP contribution in [-0.2, 0) is 11.3 Å². The summed E-state index contributed by atoms with van der Waals surface area (Å²) in [4.78, 5) is 14.1. The first kappa shape index (κ1) is 18.1. The highest BCUT2D eigenvalue weighted by molar-refractivity contribution is 7.99. The number of ether oxygens (including phenoxy) is 1. The minimum Gasteiger partial charge on any atom is -0.492 e. The molecule has 1 aliphatic rings. The van der Waals surface area contributed by atoms with Crippen LogP contribution in [0, 0.1) is 0 Å². The summed E-state index contributed by atoms with van der Waals surface area (Å²) in [5, 5.41) is 6.38. The molecule has 1 atom stereocenters. The van der Waals surface area contributed by atoms with Crippen LogP contribution in [0.4, 0.5) is 0 Å². The van der Waals surface area contributed by atoms with Gasteiger partial charge in [0.05, 0.1) is 0 Å². The summed E-state index contributed by atoms with van der Waals surface area (Å²) in [6, 6.07) is 8.21. The van der Waals surface area contributed by atoms with Crippen molar-refractivity contribution in [3.63, 3.8) is 0 Å². The lowest BCUT2D eigenvalue weighted by Gasteiger charge is -2.22. The van der Waals surface area contributed by atoms with Crippen LogP contribution < -0.4 is 15.4 Å². The monoisotopic (exact) mass is 337 g/mol. The molecule has 1 aromatic rings. The summed E-state index contributed by atoms with van der Waals surface area (Å²) >= 11 is 1.91. The first-order chi connectivity index (χ1) is 11.1. The number of amides is 1. The SMILES string of the molecule is CN(C)CCOc1cccc(CNC(=O)CC2CSCCN2)c1. The van der Waals surface area contributed by atoms with Crippen molar-refractivity contribution in [2.24, 2.45) is 0 Å². The zero-order valence-electron chi connectivity index (χ0n) is 14.0. The molecular formula is C17H27N3O2S. The number of benzene rings is 1. The summed E-state index contributed by atoms with van der Waals surface area (Å²) in [6.45, 7) is 3.08. The topological polar surface area (TPSA) is 53.6 Å². The number of rotatable bonds is 8. The first-order valence-electron chi connectivity index (χ1n) is 8.08. The van der Waals surface area contributed by atoms with E-state index in [1.54, 1.807) is 0 Å². The number of likely N-dealkylation sites (N-methyl/N-ethyl adjacent to an activating group) is 1. The lowest BCUT2D eigenvalue weighted by atomic mass is 10.2. The van der Waals surface area contributed by atoms with Gasteiger partial charge in [-0.05, 0) is 31.8 Å². The van der Waals surface area contributed by atoms with Gasteiger partial charge < -0.3 is 20.3 Å². The van der Waals surface area contributed by atoms with Crippen LogP contribution in [0.1, 0.15) is 12.0 Å². The molecule has 0 saturated carbocycles. The molecule has 2 N–H and O–H groups in total. The summed E-state index contributed by atoms with van der Waals surface area (Å²) in [5.74, 6) is 3.11. The number of hydrogen-bond donors (Lipinski definition) is 2. The summed E-state index contributed by atoms with van der Waals surface area (Å²) < 4.78 is 5.72. The standard InChI is InChI=1S/C17H27N3O2S/c1-20(2)7-8-22-16-5-3-4-14(10-16)12-19-17(21)11-15-13-23-9-6-18-15/h3-5,10,15,18H,6-9,11-13H2,1-2H3,(H,19,21). The van der Waals surface area contributed by atoms with Crippen LogP contribution in [0.15, 0.2) is 24.3 Å². The van der Waals surface area contributed by atoms with Crippen molar-refractivity contribution < 1.29 is 9.53 Å². The molecule has 0 aliphatic carbocycles. The van der Waals surface area contributed by atoms with Gasteiger partial charge in [-0.15, -0.1) is 0 Å². The van der Waals surface area contributed by atoms with Crippen molar-refractivity contribution in [1.82, 2.24) is 15.5 Å². The second-order valence-corrected chi connectivity index (χ2v) is 7.16. The van der Waals surface area contributed by atoms with Crippen LogP contribution in [0.5, 0.6) is 5.75 Å². The predicted molar refractivity (Wildman–Crippen MR) is 96.1 cm³/mol. The van der Waals surface area contributed by atoms with E-state index in [1.165, 1.54) is 0 Å². The summed E-state index contributed by atoms with van der Waals surface area (Å²) in [5.41, 5.74) is 1.06. The second kappa shape index (κ2) is 9.80. The van der Waals surface area contributed by atoms with Crippen LogP contribution in [0.2, 0.25) is 0 Å². The third-order valence-electron chi connectivity index (χ3n) is 3.63. The highest BCUT2D eigenvalue weighted by atomic mass is 32.2. The molecule has 23 heavy (non-hydrogen) atoms. The van der Waals surface area contributed by atoms with Crippen molar-refractivity contribution in [1.29, 1.82) is 0 Å². The van der Waals surface area contributed by atoms with E-state index >= 15 is 0 Å². The number of nitrogens with zero attached hydrogens (tertiary/aromatic N) is 1. The predicted octanol–water partition coefficient (Wildman–Crippen LogP) is 1.34. The van der Waals surface area contributed by atoms with E-state index in [-0.39, 0.29) is 5.91 Å². The van der Waals surface area contributed by atoms with Crippen molar-refractivity contribution in [2.45, 2.75) is 19.0 Å². The molecule has 5 nitrogen and oxygen atoms in total. The fourth-order valence-electron chi connectivity index (χ4n) is 2.34. The largest absolute Gasteiger partial charge is 0.492 e. The van der Waals surface area contributed by atoms with E-state index in [9.17, 15) is 4.79 Å². The van der Waals surface area contributed by atoms with Crippen LogP contribution in [0.3, 0.4) is 0 Å². The molecule has 1 aromatic carbocycles. The Labute approximate surface area is 143 Å². The molecule has 0 spiro atoms. The smallest absolute Gasteiger partial charge is 0.221 e. The minimum atomic E-state index is 0.101. The molecule has 1 aliphatic heterocycles. The molecule has 128 valence electrons. The van der Waals surface area contributed by atoms with Crippen molar-refractivity contribution >= 4 is 17.7 Å². The lowest BCUT2D eigenvalue weighted by molar-refractivity contribution is -0.121. The third-order valence-corrected chi connectivity index (χ3v) is 4.76. The van der Waals surface area contributed by atoms with Gasteiger partial charge in [0.1, 0.15) is 12.4 Å². The summed E-state index contributed by atoms with van der Waals surface area (Å²) in [7, 11) is 4.05. The Balaban J connectivity index is 1.72. The maximum Gasteiger partial charge on any atom is 0.221 e. The molecule has 2 rings (SSSR count). The number of carbonyl (C=O) groups is 1. The van der Waals surface area contributed by atoms with E-state index in [2.05, 4.69) is 15.5 Å². The van der Waals surface area contributed by atoms with Gasteiger partial charge in [-0.2, -0.15) is 11.8 Å². The van der Waals surface area contributed by atoms with Gasteiger partial charge in [0.25, 0.3) is 0 Å². The maximum atomic E-state index is 12.0. The van der Waals surface area contributed by atoms with Gasteiger partial charge in [0, 0.05) is 43.6 Å². The van der Waals surface area contributed by atoms with E-state index in [1.807, 2.05) is 50.1 Å². The Morgan fingerprint density at radius 3 is 3.09 bits per heavy atom. The van der Waals surface area contributed by atoms with Gasteiger partial charge >= 0.3 is 0 Å². The molecule has 0 bridgehead atoms. The number of hydrogen-bond acceptors (Lipinski definition) is 5.